The molecule has 0 unspecified atom stereocenters. The summed E-state index contributed by atoms with van der Waals surface area (Å²) in [5.41, 5.74) is 8.51. The van der Waals surface area contributed by atoms with Gasteiger partial charge in [0.15, 0.2) is 0 Å². The third-order valence-electron chi connectivity index (χ3n) is 1.38. The van der Waals surface area contributed by atoms with E-state index in [0.29, 0.717) is 0 Å². The SMILES string of the molecule is C=C(C)c1cccc(N)c1. The predicted molar refractivity (Wildman–Crippen MR) is 45.6 cm³/mol. The Morgan fingerprint density at radius 3 is 2.60 bits per heavy atom. The summed E-state index contributed by atoms with van der Waals surface area (Å²) in [5, 5.41) is 0. The molecule has 1 aromatic carbocycles. The Bertz CT molecular complexity index is 251. The first-order chi connectivity index (χ1) is 4.70. The fourth-order valence-corrected chi connectivity index (χ4v) is 0.804. The third kappa shape index (κ3) is 1.38. The van der Waals surface area contributed by atoms with Crippen molar-refractivity contribution < 1.29 is 0 Å². The van der Waals surface area contributed by atoms with E-state index < -0.39 is 0 Å². The molecule has 0 fully saturated rings. The number of hydrogen-bond donors (Lipinski definition) is 1. The van der Waals surface area contributed by atoms with Gasteiger partial charge in [-0.1, -0.05) is 24.3 Å². The molecule has 2 N–H and O–H groups in total. The molecule has 0 heterocycles. The first-order valence-electron chi connectivity index (χ1n) is 3.21. The van der Waals surface area contributed by atoms with E-state index in [-0.39, 0.29) is 0 Å². The van der Waals surface area contributed by atoms with E-state index in [9.17, 15) is 0 Å². The van der Waals surface area contributed by atoms with Crippen LogP contribution in [0.25, 0.3) is 5.57 Å². The van der Waals surface area contributed by atoms with Crippen LogP contribution in [0.3, 0.4) is 0 Å². The number of hydrogen-bond acceptors (Lipinski definition) is 1. The average molecular weight is 133 g/mol. The van der Waals surface area contributed by atoms with E-state index in [1.807, 2.05) is 31.2 Å². The average Bonchev–Trinajstić information content (AvgIpc) is 1.88. The lowest BCUT2D eigenvalue weighted by molar-refractivity contribution is 1.58. The number of nitrogens with two attached hydrogens (primary N) is 1. The largest absolute Gasteiger partial charge is 0.399 e. The molecule has 0 aliphatic rings. The molecule has 0 radical (unpaired) electrons. The van der Waals surface area contributed by atoms with Gasteiger partial charge in [-0.3, -0.25) is 0 Å². The minimum absolute atomic E-state index is 0.792. The highest BCUT2D eigenvalue weighted by molar-refractivity contribution is 5.64. The maximum atomic E-state index is 5.56. The van der Waals surface area contributed by atoms with Crippen molar-refractivity contribution in [2.75, 3.05) is 5.73 Å². The number of nitrogen functional groups attached to an aromatic ring is 1. The van der Waals surface area contributed by atoms with Crippen molar-refractivity contribution in [1.29, 1.82) is 0 Å². The smallest absolute Gasteiger partial charge is 0.0320 e. The molecule has 0 saturated heterocycles. The van der Waals surface area contributed by atoms with Gasteiger partial charge in [-0.2, -0.15) is 0 Å². The Morgan fingerprint density at radius 1 is 1.50 bits per heavy atom. The van der Waals surface area contributed by atoms with Gasteiger partial charge in [0.1, 0.15) is 0 Å². The Kier molecular flexibility index (Phi) is 1.76. The minimum Gasteiger partial charge on any atom is -0.399 e. The normalized spacial score (nSPS) is 9.30. The van der Waals surface area contributed by atoms with Crippen LogP contribution in [0.15, 0.2) is 30.8 Å². The van der Waals surface area contributed by atoms with E-state index in [1.54, 1.807) is 0 Å². The molecule has 1 nitrogen and oxygen atoms in total. The fourth-order valence-electron chi connectivity index (χ4n) is 0.804. The van der Waals surface area contributed by atoms with E-state index in [4.69, 9.17) is 5.73 Å². The number of benzene rings is 1. The summed E-state index contributed by atoms with van der Waals surface area (Å²) in [7, 11) is 0. The van der Waals surface area contributed by atoms with Gasteiger partial charge in [0.25, 0.3) is 0 Å². The van der Waals surface area contributed by atoms with Gasteiger partial charge in [-0.05, 0) is 24.6 Å². The molecule has 0 atom stereocenters. The Morgan fingerprint density at radius 2 is 2.20 bits per heavy atom. The molecule has 0 aliphatic heterocycles. The second-order valence-electron chi connectivity index (χ2n) is 2.41. The molecule has 1 aromatic rings. The van der Waals surface area contributed by atoms with Crippen molar-refractivity contribution in [1.82, 2.24) is 0 Å². The van der Waals surface area contributed by atoms with Gasteiger partial charge in [0, 0.05) is 5.69 Å². The number of anilines is 1. The predicted octanol–water partition coefficient (Wildman–Crippen LogP) is 2.30. The summed E-state index contributed by atoms with van der Waals surface area (Å²) in [5.74, 6) is 0. The summed E-state index contributed by atoms with van der Waals surface area (Å²) in [6.45, 7) is 5.78. The molecule has 10 heavy (non-hydrogen) atoms. The summed E-state index contributed by atoms with van der Waals surface area (Å²) in [4.78, 5) is 0. The molecule has 1 rings (SSSR count). The summed E-state index contributed by atoms with van der Waals surface area (Å²) in [6, 6.07) is 7.72. The number of allylic oxidation sites excluding steroid dienone is 1. The van der Waals surface area contributed by atoms with Crippen molar-refractivity contribution >= 4 is 11.3 Å². The van der Waals surface area contributed by atoms with Gasteiger partial charge in [0.2, 0.25) is 0 Å². The zero-order valence-corrected chi connectivity index (χ0v) is 6.09. The molecule has 1 heteroatoms. The molecule has 52 valence electrons. The molecule has 0 aliphatic carbocycles. The van der Waals surface area contributed by atoms with E-state index in [1.165, 1.54) is 0 Å². The van der Waals surface area contributed by atoms with Crippen LogP contribution >= 0.6 is 0 Å². The summed E-state index contributed by atoms with van der Waals surface area (Å²) < 4.78 is 0. The van der Waals surface area contributed by atoms with Gasteiger partial charge in [0.05, 0.1) is 0 Å². The van der Waals surface area contributed by atoms with Crippen LogP contribution in [0.1, 0.15) is 12.5 Å². The minimum atomic E-state index is 0.792. The lowest BCUT2D eigenvalue weighted by atomic mass is 10.1. The first-order valence-corrected chi connectivity index (χ1v) is 3.21. The van der Waals surface area contributed by atoms with Crippen LogP contribution in [0.4, 0.5) is 5.69 Å². The number of rotatable bonds is 1. The first kappa shape index (κ1) is 6.87. The molecular formula is C9H11N. The van der Waals surface area contributed by atoms with Crippen LogP contribution in [0.2, 0.25) is 0 Å². The maximum absolute atomic E-state index is 5.56. The Hall–Kier alpha value is -1.24. The molecule has 0 saturated carbocycles. The summed E-state index contributed by atoms with van der Waals surface area (Å²) in [6.07, 6.45) is 0. The van der Waals surface area contributed by atoms with Crippen molar-refractivity contribution in [3.8, 4) is 0 Å². The van der Waals surface area contributed by atoms with Crippen LogP contribution in [0.5, 0.6) is 0 Å². The Balaban J connectivity index is 3.07. The molecule has 0 spiro atoms. The zero-order valence-electron chi connectivity index (χ0n) is 6.09. The van der Waals surface area contributed by atoms with Crippen molar-refractivity contribution in [2.24, 2.45) is 0 Å². The molecule has 0 amide bonds. The van der Waals surface area contributed by atoms with Crippen LogP contribution in [-0.4, -0.2) is 0 Å². The topological polar surface area (TPSA) is 26.0 Å². The second-order valence-corrected chi connectivity index (χ2v) is 2.41. The lowest BCUT2D eigenvalue weighted by Gasteiger charge is -1.98. The third-order valence-corrected chi connectivity index (χ3v) is 1.38. The fraction of sp³-hybridized carbons (Fsp3) is 0.111. The molecule has 0 bridgehead atoms. The zero-order chi connectivity index (χ0) is 7.56. The van der Waals surface area contributed by atoms with Crippen LogP contribution in [-0.2, 0) is 0 Å². The van der Waals surface area contributed by atoms with Crippen molar-refractivity contribution in [2.45, 2.75) is 6.92 Å². The monoisotopic (exact) mass is 133 g/mol. The van der Waals surface area contributed by atoms with Gasteiger partial charge in [-0.15, -0.1) is 0 Å². The highest BCUT2D eigenvalue weighted by Gasteiger charge is 1.90. The maximum Gasteiger partial charge on any atom is 0.0320 e. The molecular weight excluding hydrogens is 122 g/mol. The van der Waals surface area contributed by atoms with Gasteiger partial charge < -0.3 is 5.73 Å². The highest BCUT2D eigenvalue weighted by atomic mass is 14.5. The summed E-state index contributed by atoms with van der Waals surface area (Å²) >= 11 is 0. The quantitative estimate of drug-likeness (QED) is 0.584. The standard InChI is InChI=1S/C9H11N/c1-7(2)8-4-3-5-9(10)6-8/h3-6H,1,10H2,2H3. The van der Waals surface area contributed by atoms with Crippen LogP contribution < -0.4 is 5.73 Å². The molecule has 0 aromatic heterocycles. The lowest BCUT2D eigenvalue weighted by Crippen LogP contribution is -1.85. The van der Waals surface area contributed by atoms with Gasteiger partial charge in [-0.25, -0.2) is 0 Å². The Labute approximate surface area is 61.2 Å². The van der Waals surface area contributed by atoms with Crippen molar-refractivity contribution in [3.63, 3.8) is 0 Å². The van der Waals surface area contributed by atoms with Crippen molar-refractivity contribution in [3.05, 3.63) is 36.4 Å². The highest BCUT2D eigenvalue weighted by Crippen LogP contribution is 2.13. The van der Waals surface area contributed by atoms with Gasteiger partial charge >= 0.3 is 0 Å². The van der Waals surface area contributed by atoms with E-state index >= 15 is 0 Å². The van der Waals surface area contributed by atoms with Crippen LogP contribution in [0, 0.1) is 0 Å². The second kappa shape index (κ2) is 2.56. The van der Waals surface area contributed by atoms with E-state index in [2.05, 4.69) is 6.58 Å². The van der Waals surface area contributed by atoms with E-state index in [0.717, 1.165) is 16.8 Å².